The number of ether oxygens (including phenoxy) is 1. The standard InChI is InChI=1S/C16H18FNO/c1-3-19-16-7-5-4-6-15(16)14-9-8-13(17)10-12(14)11-18-2/h4-10,18H,3,11H2,1-2H3. The van der Waals surface area contributed by atoms with Gasteiger partial charge in [0.15, 0.2) is 0 Å². The lowest BCUT2D eigenvalue weighted by molar-refractivity contribution is 0.341. The van der Waals surface area contributed by atoms with Crippen LogP contribution in [-0.2, 0) is 6.54 Å². The first-order valence-corrected chi connectivity index (χ1v) is 6.41. The molecule has 19 heavy (non-hydrogen) atoms. The summed E-state index contributed by atoms with van der Waals surface area (Å²) in [7, 11) is 1.85. The van der Waals surface area contributed by atoms with Crippen LogP contribution in [-0.4, -0.2) is 13.7 Å². The summed E-state index contributed by atoms with van der Waals surface area (Å²) in [5, 5.41) is 3.07. The van der Waals surface area contributed by atoms with Crippen LogP contribution in [0.2, 0.25) is 0 Å². The monoisotopic (exact) mass is 259 g/mol. The van der Waals surface area contributed by atoms with Gasteiger partial charge in [-0.3, -0.25) is 0 Å². The Morgan fingerprint density at radius 2 is 1.89 bits per heavy atom. The molecule has 0 saturated heterocycles. The Labute approximate surface area is 113 Å². The minimum atomic E-state index is -0.220. The second kappa shape index (κ2) is 6.34. The number of para-hydroxylation sites is 1. The van der Waals surface area contributed by atoms with Crippen LogP contribution < -0.4 is 10.1 Å². The third-order valence-corrected chi connectivity index (χ3v) is 2.91. The van der Waals surface area contributed by atoms with E-state index in [1.165, 1.54) is 6.07 Å². The van der Waals surface area contributed by atoms with Crippen molar-refractivity contribution < 1.29 is 9.13 Å². The average molecular weight is 259 g/mol. The van der Waals surface area contributed by atoms with E-state index in [2.05, 4.69) is 5.32 Å². The maximum Gasteiger partial charge on any atom is 0.127 e. The molecule has 3 heteroatoms. The van der Waals surface area contributed by atoms with Crippen LogP contribution in [0.3, 0.4) is 0 Å². The quantitative estimate of drug-likeness (QED) is 0.885. The van der Waals surface area contributed by atoms with Gasteiger partial charge in [0, 0.05) is 12.1 Å². The molecule has 0 radical (unpaired) electrons. The van der Waals surface area contributed by atoms with Gasteiger partial charge in [-0.1, -0.05) is 24.3 Å². The van der Waals surface area contributed by atoms with E-state index in [1.807, 2.05) is 38.2 Å². The highest BCUT2D eigenvalue weighted by atomic mass is 19.1. The van der Waals surface area contributed by atoms with Crippen molar-refractivity contribution in [1.29, 1.82) is 0 Å². The molecule has 0 aliphatic heterocycles. The van der Waals surface area contributed by atoms with Gasteiger partial charge in [0.05, 0.1) is 6.61 Å². The Balaban J connectivity index is 2.51. The summed E-state index contributed by atoms with van der Waals surface area (Å²) in [6.45, 7) is 3.18. The van der Waals surface area contributed by atoms with Gasteiger partial charge >= 0.3 is 0 Å². The molecule has 0 atom stereocenters. The Bertz CT molecular complexity index is 554. The fraction of sp³-hybridized carbons (Fsp3) is 0.250. The van der Waals surface area contributed by atoms with Gasteiger partial charge in [-0.05, 0) is 43.3 Å². The summed E-state index contributed by atoms with van der Waals surface area (Å²) in [5.41, 5.74) is 2.92. The summed E-state index contributed by atoms with van der Waals surface area (Å²) in [6.07, 6.45) is 0. The third kappa shape index (κ3) is 3.12. The Kier molecular flexibility index (Phi) is 4.53. The van der Waals surface area contributed by atoms with Crippen molar-refractivity contribution in [3.8, 4) is 16.9 Å². The summed E-state index contributed by atoms with van der Waals surface area (Å²) >= 11 is 0. The van der Waals surface area contributed by atoms with Crippen LogP contribution in [0.25, 0.3) is 11.1 Å². The van der Waals surface area contributed by atoms with Crippen LogP contribution in [0.15, 0.2) is 42.5 Å². The highest BCUT2D eigenvalue weighted by Gasteiger charge is 2.10. The topological polar surface area (TPSA) is 21.3 Å². The van der Waals surface area contributed by atoms with Crippen molar-refractivity contribution in [2.45, 2.75) is 13.5 Å². The predicted octanol–water partition coefficient (Wildman–Crippen LogP) is 3.61. The summed E-state index contributed by atoms with van der Waals surface area (Å²) in [4.78, 5) is 0. The second-order valence-corrected chi connectivity index (χ2v) is 4.26. The largest absolute Gasteiger partial charge is 0.493 e. The molecular formula is C16H18FNO. The van der Waals surface area contributed by atoms with E-state index in [1.54, 1.807) is 12.1 Å². The van der Waals surface area contributed by atoms with Gasteiger partial charge in [0.25, 0.3) is 0 Å². The molecule has 0 aromatic heterocycles. The van der Waals surface area contributed by atoms with Gasteiger partial charge in [0.2, 0.25) is 0 Å². The van der Waals surface area contributed by atoms with Crippen LogP contribution in [0.4, 0.5) is 4.39 Å². The van der Waals surface area contributed by atoms with Crippen molar-refractivity contribution in [1.82, 2.24) is 5.32 Å². The number of nitrogens with one attached hydrogen (secondary N) is 1. The van der Waals surface area contributed by atoms with Gasteiger partial charge in [-0.2, -0.15) is 0 Å². The van der Waals surface area contributed by atoms with E-state index < -0.39 is 0 Å². The first-order chi connectivity index (χ1) is 9.26. The molecule has 100 valence electrons. The normalized spacial score (nSPS) is 10.5. The first kappa shape index (κ1) is 13.6. The van der Waals surface area contributed by atoms with E-state index in [0.717, 1.165) is 22.4 Å². The zero-order valence-corrected chi connectivity index (χ0v) is 11.2. The molecule has 0 aliphatic carbocycles. The minimum absolute atomic E-state index is 0.220. The van der Waals surface area contributed by atoms with Crippen molar-refractivity contribution in [2.75, 3.05) is 13.7 Å². The Hall–Kier alpha value is -1.87. The molecular weight excluding hydrogens is 241 g/mol. The molecule has 0 aliphatic rings. The number of halogens is 1. The summed E-state index contributed by atoms with van der Waals surface area (Å²) < 4.78 is 19.0. The maximum absolute atomic E-state index is 13.4. The summed E-state index contributed by atoms with van der Waals surface area (Å²) in [6, 6.07) is 12.7. The fourth-order valence-electron chi connectivity index (χ4n) is 2.13. The van der Waals surface area contributed by atoms with Gasteiger partial charge in [0.1, 0.15) is 11.6 Å². The molecule has 0 spiro atoms. The zero-order chi connectivity index (χ0) is 13.7. The lowest BCUT2D eigenvalue weighted by atomic mass is 9.98. The number of hydrogen-bond acceptors (Lipinski definition) is 2. The lowest BCUT2D eigenvalue weighted by Crippen LogP contribution is -2.07. The van der Waals surface area contributed by atoms with Gasteiger partial charge in [-0.15, -0.1) is 0 Å². The SMILES string of the molecule is CCOc1ccccc1-c1ccc(F)cc1CNC. The van der Waals surface area contributed by atoms with Crippen LogP contribution >= 0.6 is 0 Å². The highest BCUT2D eigenvalue weighted by molar-refractivity contribution is 5.73. The van der Waals surface area contributed by atoms with Crippen LogP contribution in [0.1, 0.15) is 12.5 Å². The zero-order valence-electron chi connectivity index (χ0n) is 11.2. The van der Waals surface area contributed by atoms with E-state index in [4.69, 9.17) is 4.74 Å². The van der Waals surface area contributed by atoms with Crippen LogP contribution in [0, 0.1) is 5.82 Å². The van der Waals surface area contributed by atoms with Crippen molar-refractivity contribution in [3.63, 3.8) is 0 Å². The molecule has 2 nitrogen and oxygen atoms in total. The molecule has 0 saturated carbocycles. The van der Waals surface area contributed by atoms with Gasteiger partial charge in [-0.25, -0.2) is 4.39 Å². The Morgan fingerprint density at radius 3 is 2.63 bits per heavy atom. The molecule has 0 heterocycles. The van der Waals surface area contributed by atoms with E-state index in [0.29, 0.717) is 13.2 Å². The molecule has 0 fully saturated rings. The van der Waals surface area contributed by atoms with Crippen LogP contribution in [0.5, 0.6) is 5.75 Å². The first-order valence-electron chi connectivity index (χ1n) is 6.41. The van der Waals surface area contributed by atoms with E-state index in [9.17, 15) is 4.39 Å². The highest BCUT2D eigenvalue weighted by Crippen LogP contribution is 2.32. The third-order valence-electron chi connectivity index (χ3n) is 2.91. The molecule has 2 aromatic rings. The lowest BCUT2D eigenvalue weighted by Gasteiger charge is -2.14. The van der Waals surface area contributed by atoms with Crippen molar-refractivity contribution in [3.05, 3.63) is 53.8 Å². The molecule has 0 amide bonds. The van der Waals surface area contributed by atoms with E-state index >= 15 is 0 Å². The summed E-state index contributed by atoms with van der Waals surface area (Å²) in [5.74, 6) is 0.608. The Morgan fingerprint density at radius 1 is 1.11 bits per heavy atom. The number of hydrogen-bond donors (Lipinski definition) is 1. The predicted molar refractivity (Wildman–Crippen MR) is 75.8 cm³/mol. The smallest absolute Gasteiger partial charge is 0.127 e. The van der Waals surface area contributed by atoms with Crippen molar-refractivity contribution in [2.24, 2.45) is 0 Å². The minimum Gasteiger partial charge on any atom is -0.493 e. The molecule has 1 N–H and O–H groups in total. The fourth-order valence-corrected chi connectivity index (χ4v) is 2.13. The van der Waals surface area contributed by atoms with Crippen molar-refractivity contribution >= 4 is 0 Å². The average Bonchev–Trinajstić information content (AvgIpc) is 2.41. The van der Waals surface area contributed by atoms with Gasteiger partial charge < -0.3 is 10.1 Å². The molecule has 0 bridgehead atoms. The number of benzene rings is 2. The second-order valence-electron chi connectivity index (χ2n) is 4.26. The number of rotatable bonds is 5. The van der Waals surface area contributed by atoms with E-state index in [-0.39, 0.29) is 5.82 Å². The molecule has 2 aromatic carbocycles. The maximum atomic E-state index is 13.4. The molecule has 0 unspecified atom stereocenters. The molecule has 2 rings (SSSR count).